The third kappa shape index (κ3) is 4.54. The number of hydrogen-bond donors (Lipinski definition) is 1. The highest BCUT2D eigenvalue weighted by molar-refractivity contribution is 5.99. The van der Waals surface area contributed by atoms with Crippen molar-refractivity contribution in [3.05, 3.63) is 84.2 Å². The van der Waals surface area contributed by atoms with Gasteiger partial charge in [0, 0.05) is 29.3 Å². The maximum atomic E-state index is 12.4. The van der Waals surface area contributed by atoms with Gasteiger partial charge in [0.2, 0.25) is 0 Å². The number of benzene rings is 2. The Morgan fingerprint density at radius 3 is 2.32 bits per heavy atom. The van der Waals surface area contributed by atoms with Gasteiger partial charge < -0.3 is 14.6 Å². The number of nitrogens with zero attached hydrogens (tertiary/aromatic N) is 1. The molecular weight excluding hydrogens is 356 g/mol. The highest BCUT2D eigenvalue weighted by Gasteiger charge is 2.19. The van der Waals surface area contributed by atoms with Crippen LogP contribution in [0.5, 0.6) is 0 Å². The van der Waals surface area contributed by atoms with Crippen molar-refractivity contribution in [1.29, 1.82) is 0 Å². The third-order valence-corrected chi connectivity index (χ3v) is 4.17. The summed E-state index contributed by atoms with van der Waals surface area (Å²) in [7, 11) is 0. The summed E-state index contributed by atoms with van der Waals surface area (Å²) in [6.45, 7) is 2.95. The van der Waals surface area contributed by atoms with E-state index in [1.54, 1.807) is 42.5 Å². The molecule has 0 bridgehead atoms. The summed E-state index contributed by atoms with van der Waals surface area (Å²) >= 11 is 0. The van der Waals surface area contributed by atoms with Gasteiger partial charge in [0.05, 0.1) is 5.56 Å². The lowest BCUT2D eigenvalue weighted by Crippen LogP contribution is -2.30. The number of amides is 1. The fourth-order valence-electron chi connectivity index (χ4n) is 2.64. The van der Waals surface area contributed by atoms with Crippen LogP contribution in [0.15, 0.2) is 73.1 Å². The van der Waals surface area contributed by atoms with E-state index >= 15 is 0 Å². The van der Waals surface area contributed by atoms with Gasteiger partial charge in [-0.05, 0) is 56.3 Å². The second kappa shape index (κ2) is 8.35. The van der Waals surface area contributed by atoms with Crippen LogP contribution in [-0.2, 0) is 9.53 Å². The van der Waals surface area contributed by atoms with Crippen molar-refractivity contribution in [2.75, 3.05) is 5.32 Å². The molecule has 0 saturated heterocycles. The van der Waals surface area contributed by atoms with Gasteiger partial charge in [-0.2, -0.15) is 0 Å². The molecule has 2 aromatic carbocycles. The van der Waals surface area contributed by atoms with E-state index in [1.165, 1.54) is 13.8 Å². The molecule has 6 nitrogen and oxygen atoms in total. The van der Waals surface area contributed by atoms with Gasteiger partial charge in [-0.1, -0.05) is 18.2 Å². The number of aromatic nitrogens is 1. The highest BCUT2D eigenvalue weighted by atomic mass is 16.5. The summed E-state index contributed by atoms with van der Waals surface area (Å²) in [5.41, 5.74) is 2.13. The molecule has 28 heavy (non-hydrogen) atoms. The van der Waals surface area contributed by atoms with Crippen molar-refractivity contribution in [2.24, 2.45) is 0 Å². The summed E-state index contributed by atoms with van der Waals surface area (Å²) in [6.07, 6.45) is 2.74. The Balaban J connectivity index is 1.65. The van der Waals surface area contributed by atoms with Crippen LogP contribution in [0.2, 0.25) is 0 Å². The zero-order chi connectivity index (χ0) is 20.1. The maximum absolute atomic E-state index is 12.4. The molecule has 0 spiro atoms. The number of esters is 1. The lowest BCUT2D eigenvalue weighted by atomic mass is 10.1. The fraction of sp³-hybridized carbons (Fsp3) is 0.136. The lowest BCUT2D eigenvalue weighted by molar-refractivity contribution is -0.123. The molecule has 1 atom stereocenters. The van der Waals surface area contributed by atoms with Crippen molar-refractivity contribution in [3.63, 3.8) is 0 Å². The van der Waals surface area contributed by atoms with E-state index < -0.39 is 18.0 Å². The van der Waals surface area contributed by atoms with E-state index in [0.29, 0.717) is 16.8 Å². The summed E-state index contributed by atoms with van der Waals surface area (Å²) < 4.78 is 7.16. The van der Waals surface area contributed by atoms with Gasteiger partial charge in [-0.15, -0.1) is 0 Å². The van der Waals surface area contributed by atoms with E-state index in [9.17, 15) is 14.4 Å². The molecule has 1 unspecified atom stereocenters. The number of carbonyl (C=O) groups is 3. The largest absolute Gasteiger partial charge is 0.449 e. The molecule has 1 amide bonds. The number of carbonyl (C=O) groups excluding carboxylic acids is 3. The number of Topliss-reactive ketones (excluding diaryl/α,β-unsaturated/α-hetero) is 1. The standard InChI is InChI=1S/C22H20N2O4/c1-15(25)17-7-5-9-19(13-17)23-21(26)16(2)28-22(27)18-8-6-10-20(14-18)24-11-3-4-12-24/h3-14,16H,1-2H3,(H,23,26). The van der Waals surface area contributed by atoms with Crippen LogP contribution in [0.3, 0.4) is 0 Å². The predicted octanol–water partition coefficient (Wildman–Crippen LogP) is 3.86. The molecule has 0 radical (unpaired) electrons. The molecule has 3 rings (SSSR count). The van der Waals surface area contributed by atoms with Crippen LogP contribution in [0, 0.1) is 0 Å². The zero-order valence-electron chi connectivity index (χ0n) is 15.6. The van der Waals surface area contributed by atoms with Gasteiger partial charge >= 0.3 is 5.97 Å². The molecule has 1 N–H and O–H groups in total. The first-order chi connectivity index (χ1) is 13.4. The van der Waals surface area contributed by atoms with E-state index in [2.05, 4.69) is 5.32 Å². The average molecular weight is 376 g/mol. The maximum Gasteiger partial charge on any atom is 0.338 e. The quantitative estimate of drug-likeness (QED) is 0.523. The van der Waals surface area contributed by atoms with E-state index in [-0.39, 0.29) is 5.78 Å². The Kier molecular flexibility index (Phi) is 5.69. The van der Waals surface area contributed by atoms with Gasteiger partial charge in [0.15, 0.2) is 11.9 Å². The van der Waals surface area contributed by atoms with E-state index in [0.717, 1.165) is 5.69 Å². The van der Waals surface area contributed by atoms with Crippen molar-refractivity contribution >= 4 is 23.3 Å². The lowest BCUT2D eigenvalue weighted by Gasteiger charge is -2.14. The number of hydrogen-bond acceptors (Lipinski definition) is 4. The summed E-state index contributed by atoms with van der Waals surface area (Å²) in [5.74, 6) is -1.16. The smallest absolute Gasteiger partial charge is 0.338 e. The van der Waals surface area contributed by atoms with Crippen molar-refractivity contribution < 1.29 is 19.1 Å². The van der Waals surface area contributed by atoms with E-state index in [1.807, 2.05) is 35.2 Å². The fourth-order valence-corrected chi connectivity index (χ4v) is 2.64. The Bertz CT molecular complexity index is 1010. The molecule has 0 aliphatic carbocycles. The second-order valence-electron chi connectivity index (χ2n) is 6.31. The SMILES string of the molecule is CC(=O)c1cccc(NC(=O)C(C)OC(=O)c2cccc(-n3cccc3)c2)c1. The second-order valence-corrected chi connectivity index (χ2v) is 6.31. The molecule has 0 aliphatic heterocycles. The minimum atomic E-state index is -0.997. The number of ether oxygens (including phenoxy) is 1. The molecule has 3 aromatic rings. The van der Waals surface area contributed by atoms with Gasteiger partial charge in [-0.3, -0.25) is 9.59 Å². The summed E-state index contributed by atoms with van der Waals surface area (Å²) in [6, 6.07) is 17.3. The van der Waals surface area contributed by atoms with Gasteiger partial charge in [-0.25, -0.2) is 4.79 Å². The zero-order valence-corrected chi connectivity index (χ0v) is 15.6. The Morgan fingerprint density at radius 2 is 1.61 bits per heavy atom. The minimum absolute atomic E-state index is 0.0989. The van der Waals surface area contributed by atoms with Crippen LogP contribution in [0.25, 0.3) is 5.69 Å². The predicted molar refractivity (Wildman–Crippen MR) is 106 cm³/mol. The summed E-state index contributed by atoms with van der Waals surface area (Å²) in [4.78, 5) is 36.2. The molecule has 6 heteroatoms. The monoisotopic (exact) mass is 376 g/mol. The van der Waals surface area contributed by atoms with Crippen LogP contribution in [0.4, 0.5) is 5.69 Å². The molecule has 142 valence electrons. The first-order valence-corrected chi connectivity index (χ1v) is 8.80. The van der Waals surface area contributed by atoms with Crippen LogP contribution >= 0.6 is 0 Å². The van der Waals surface area contributed by atoms with Crippen LogP contribution in [0.1, 0.15) is 34.6 Å². The number of nitrogens with one attached hydrogen (secondary N) is 1. The minimum Gasteiger partial charge on any atom is -0.449 e. The molecule has 0 fully saturated rings. The van der Waals surface area contributed by atoms with Crippen molar-refractivity contribution in [2.45, 2.75) is 20.0 Å². The van der Waals surface area contributed by atoms with Crippen LogP contribution < -0.4 is 5.32 Å². The Hall–Kier alpha value is -3.67. The first kappa shape index (κ1) is 19.1. The Morgan fingerprint density at radius 1 is 0.929 bits per heavy atom. The number of anilines is 1. The number of rotatable bonds is 6. The number of ketones is 1. The molecular formula is C22H20N2O4. The molecule has 0 saturated carbocycles. The van der Waals surface area contributed by atoms with E-state index in [4.69, 9.17) is 4.74 Å². The molecule has 1 heterocycles. The van der Waals surface area contributed by atoms with Gasteiger partial charge in [0.25, 0.3) is 5.91 Å². The Labute approximate surface area is 162 Å². The van der Waals surface area contributed by atoms with Gasteiger partial charge in [0.1, 0.15) is 0 Å². The normalized spacial score (nSPS) is 11.5. The molecule has 0 aliphatic rings. The summed E-state index contributed by atoms with van der Waals surface area (Å²) in [5, 5.41) is 2.66. The molecule has 1 aromatic heterocycles. The third-order valence-electron chi connectivity index (χ3n) is 4.17. The topological polar surface area (TPSA) is 77.4 Å². The van der Waals surface area contributed by atoms with Crippen LogP contribution in [-0.4, -0.2) is 28.3 Å². The van der Waals surface area contributed by atoms with Crippen molar-refractivity contribution in [1.82, 2.24) is 4.57 Å². The average Bonchev–Trinajstić information content (AvgIpc) is 3.23. The first-order valence-electron chi connectivity index (χ1n) is 8.80. The van der Waals surface area contributed by atoms with Crippen molar-refractivity contribution in [3.8, 4) is 5.69 Å². The highest BCUT2D eigenvalue weighted by Crippen LogP contribution is 2.15.